The first-order chi connectivity index (χ1) is 10.8. The van der Waals surface area contributed by atoms with Crippen molar-refractivity contribution in [1.29, 1.82) is 0 Å². The Bertz CT molecular complexity index is 561. The van der Waals surface area contributed by atoms with E-state index < -0.39 is 11.7 Å². The van der Waals surface area contributed by atoms with E-state index in [1.165, 1.54) is 0 Å². The van der Waals surface area contributed by atoms with Crippen molar-refractivity contribution in [2.24, 2.45) is 0 Å². The van der Waals surface area contributed by atoms with Crippen LogP contribution in [0.1, 0.15) is 24.8 Å². The van der Waals surface area contributed by atoms with Gasteiger partial charge in [-0.3, -0.25) is 4.90 Å². The molecule has 8 heteroatoms. The van der Waals surface area contributed by atoms with E-state index in [1.54, 1.807) is 0 Å². The fourth-order valence-corrected chi connectivity index (χ4v) is 3.96. The molecule has 2 fully saturated rings. The van der Waals surface area contributed by atoms with Gasteiger partial charge in [0.1, 0.15) is 5.82 Å². The molecule has 1 N–H and O–H groups in total. The summed E-state index contributed by atoms with van der Waals surface area (Å²) in [4.78, 5) is 8.35. The van der Waals surface area contributed by atoms with E-state index >= 15 is 0 Å². The van der Waals surface area contributed by atoms with Crippen molar-refractivity contribution in [2.75, 3.05) is 31.1 Å². The summed E-state index contributed by atoms with van der Waals surface area (Å²) < 4.78 is 38.5. The van der Waals surface area contributed by atoms with E-state index in [9.17, 15) is 18.3 Å². The lowest BCUT2D eigenvalue weighted by Gasteiger charge is -2.37. The number of aromatic nitrogens is 1. The van der Waals surface area contributed by atoms with Gasteiger partial charge in [0.2, 0.25) is 0 Å². The van der Waals surface area contributed by atoms with Gasteiger partial charge in [0.15, 0.2) is 0 Å². The van der Waals surface area contributed by atoms with Gasteiger partial charge in [-0.25, -0.2) is 4.98 Å². The predicted molar refractivity (Wildman–Crippen MR) is 84.4 cm³/mol. The van der Waals surface area contributed by atoms with Crippen LogP contribution in [-0.4, -0.2) is 53.3 Å². The summed E-state index contributed by atoms with van der Waals surface area (Å²) in [5.41, 5.74) is -0.742. The number of piperidine rings is 1. The normalized spacial score (nSPS) is 24.4. The highest BCUT2D eigenvalue weighted by atomic mass is 79.9. The van der Waals surface area contributed by atoms with E-state index in [0.29, 0.717) is 16.3 Å². The zero-order valence-corrected chi connectivity index (χ0v) is 14.1. The fourth-order valence-electron chi connectivity index (χ4n) is 3.36. The summed E-state index contributed by atoms with van der Waals surface area (Å²) in [5, 5.41) is 9.63. The largest absolute Gasteiger partial charge is 0.417 e. The van der Waals surface area contributed by atoms with Crippen molar-refractivity contribution in [1.82, 2.24) is 9.88 Å². The molecule has 4 nitrogen and oxygen atoms in total. The molecule has 1 atom stereocenters. The van der Waals surface area contributed by atoms with Crippen molar-refractivity contribution in [2.45, 2.75) is 37.6 Å². The maximum absolute atomic E-state index is 12.7. The molecule has 2 aliphatic rings. The molecule has 1 aromatic rings. The summed E-state index contributed by atoms with van der Waals surface area (Å²) in [6.45, 7) is 3.17. The Morgan fingerprint density at radius 3 is 2.39 bits per heavy atom. The van der Waals surface area contributed by atoms with E-state index in [0.717, 1.165) is 57.7 Å². The van der Waals surface area contributed by atoms with Crippen molar-refractivity contribution < 1.29 is 18.3 Å². The number of hydrogen-bond donors (Lipinski definition) is 1. The van der Waals surface area contributed by atoms with Crippen LogP contribution in [0.15, 0.2) is 16.7 Å². The standard InChI is InChI=1S/C15H19BrF3N3O/c16-13-7-10(15(17,18)19)8-20-14(13)21-4-1-11(2-5-21)22-6-3-12(23)9-22/h7-8,11-12,23H,1-6,9H2. The molecular weight excluding hydrogens is 375 g/mol. The molecule has 0 amide bonds. The SMILES string of the molecule is OC1CCN(C2CCN(c3ncc(C(F)(F)F)cc3Br)CC2)C1. The Kier molecular flexibility index (Phi) is 4.85. The van der Waals surface area contributed by atoms with Gasteiger partial charge in [-0.05, 0) is 41.3 Å². The number of halogens is 4. The van der Waals surface area contributed by atoms with Crippen molar-refractivity contribution in [3.05, 3.63) is 22.3 Å². The molecule has 128 valence electrons. The minimum atomic E-state index is -4.38. The van der Waals surface area contributed by atoms with Gasteiger partial charge in [-0.15, -0.1) is 0 Å². The Morgan fingerprint density at radius 1 is 1.17 bits per heavy atom. The van der Waals surface area contributed by atoms with Gasteiger partial charge in [-0.2, -0.15) is 13.2 Å². The minimum absolute atomic E-state index is 0.223. The van der Waals surface area contributed by atoms with Crippen LogP contribution in [0.3, 0.4) is 0 Å². The van der Waals surface area contributed by atoms with Crippen LogP contribution in [0, 0.1) is 0 Å². The molecule has 23 heavy (non-hydrogen) atoms. The summed E-state index contributed by atoms with van der Waals surface area (Å²) >= 11 is 3.22. The molecule has 0 aliphatic carbocycles. The second-order valence-electron chi connectivity index (χ2n) is 6.18. The van der Waals surface area contributed by atoms with E-state index in [2.05, 4.69) is 25.8 Å². The quantitative estimate of drug-likeness (QED) is 0.838. The summed E-state index contributed by atoms with van der Waals surface area (Å²) in [6, 6.07) is 1.53. The number of nitrogens with zero attached hydrogens (tertiary/aromatic N) is 3. The minimum Gasteiger partial charge on any atom is -0.392 e. The van der Waals surface area contributed by atoms with E-state index in [1.807, 2.05) is 4.90 Å². The Labute approximate surface area is 141 Å². The van der Waals surface area contributed by atoms with Gasteiger partial charge < -0.3 is 10.0 Å². The lowest BCUT2D eigenvalue weighted by Crippen LogP contribution is -2.44. The van der Waals surface area contributed by atoms with Crippen LogP contribution in [0.25, 0.3) is 0 Å². The predicted octanol–water partition coefficient (Wildman–Crippen LogP) is 2.90. The number of anilines is 1. The molecule has 0 radical (unpaired) electrons. The van der Waals surface area contributed by atoms with Crippen LogP contribution >= 0.6 is 15.9 Å². The van der Waals surface area contributed by atoms with Crippen LogP contribution in [0.4, 0.5) is 19.0 Å². The van der Waals surface area contributed by atoms with Gasteiger partial charge in [0, 0.05) is 38.4 Å². The Morgan fingerprint density at radius 2 is 1.87 bits per heavy atom. The summed E-state index contributed by atoms with van der Waals surface area (Å²) in [6.07, 6.45) is -1.02. The van der Waals surface area contributed by atoms with Crippen molar-refractivity contribution in [3.8, 4) is 0 Å². The molecular formula is C15H19BrF3N3O. The number of likely N-dealkylation sites (tertiary alicyclic amines) is 1. The number of aliphatic hydroxyl groups is 1. The van der Waals surface area contributed by atoms with Crippen molar-refractivity contribution >= 4 is 21.7 Å². The average molecular weight is 394 g/mol. The molecule has 2 aliphatic heterocycles. The first-order valence-corrected chi connectivity index (χ1v) is 8.53. The molecule has 0 aromatic carbocycles. The third kappa shape index (κ3) is 3.80. The maximum Gasteiger partial charge on any atom is 0.417 e. The van der Waals surface area contributed by atoms with Crippen LogP contribution in [0.2, 0.25) is 0 Å². The average Bonchev–Trinajstić information content (AvgIpc) is 2.93. The summed E-state index contributed by atoms with van der Waals surface area (Å²) in [5.74, 6) is 0.568. The number of alkyl halides is 3. The highest BCUT2D eigenvalue weighted by Gasteiger charge is 2.33. The van der Waals surface area contributed by atoms with Crippen LogP contribution in [0.5, 0.6) is 0 Å². The topological polar surface area (TPSA) is 39.6 Å². The third-order valence-corrected chi connectivity index (χ3v) is 5.21. The molecule has 3 heterocycles. The number of pyridine rings is 1. The van der Waals surface area contributed by atoms with E-state index in [4.69, 9.17) is 0 Å². The lowest BCUT2D eigenvalue weighted by atomic mass is 10.0. The zero-order chi connectivity index (χ0) is 16.6. The monoisotopic (exact) mass is 393 g/mol. The van der Waals surface area contributed by atoms with Gasteiger partial charge in [0.05, 0.1) is 16.1 Å². The Balaban J connectivity index is 1.63. The number of rotatable bonds is 2. The Hall–Kier alpha value is -0.860. The fraction of sp³-hybridized carbons (Fsp3) is 0.667. The van der Waals surface area contributed by atoms with Gasteiger partial charge in [0.25, 0.3) is 0 Å². The molecule has 0 saturated carbocycles. The first kappa shape index (κ1) is 17.0. The van der Waals surface area contributed by atoms with Gasteiger partial charge in [-0.1, -0.05) is 0 Å². The van der Waals surface area contributed by atoms with Crippen molar-refractivity contribution in [3.63, 3.8) is 0 Å². The number of β-amino-alcohol motifs (C(OH)–C–C–N with tert-alkyl or cyclic N) is 1. The number of hydrogen-bond acceptors (Lipinski definition) is 4. The molecule has 0 spiro atoms. The third-order valence-electron chi connectivity index (χ3n) is 4.62. The molecule has 0 bridgehead atoms. The van der Waals surface area contributed by atoms with Crippen LogP contribution in [-0.2, 0) is 6.18 Å². The smallest absolute Gasteiger partial charge is 0.392 e. The second kappa shape index (κ2) is 6.57. The van der Waals surface area contributed by atoms with Gasteiger partial charge >= 0.3 is 6.18 Å². The first-order valence-electron chi connectivity index (χ1n) is 7.74. The van der Waals surface area contributed by atoms with E-state index in [-0.39, 0.29) is 6.10 Å². The lowest BCUT2D eigenvalue weighted by molar-refractivity contribution is -0.137. The molecule has 1 aromatic heterocycles. The number of aliphatic hydroxyl groups excluding tert-OH is 1. The maximum atomic E-state index is 12.7. The second-order valence-corrected chi connectivity index (χ2v) is 7.04. The highest BCUT2D eigenvalue weighted by Crippen LogP contribution is 2.34. The molecule has 3 rings (SSSR count). The summed E-state index contributed by atoms with van der Waals surface area (Å²) in [7, 11) is 0. The molecule has 2 saturated heterocycles. The van der Waals surface area contributed by atoms with Crippen LogP contribution < -0.4 is 4.90 Å². The zero-order valence-electron chi connectivity index (χ0n) is 12.6. The molecule has 1 unspecified atom stereocenters. The highest BCUT2D eigenvalue weighted by molar-refractivity contribution is 9.10.